The Bertz CT molecular complexity index is 961. The largest absolute Gasteiger partial charge is 0.337 e. The Morgan fingerprint density at radius 3 is 2.61 bits per heavy atom. The maximum Gasteiger partial charge on any atom is 0.231 e. The minimum Gasteiger partial charge on any atom is -0.337 e. The van der Waals surface area contributed by atoms with Crippen LogP contribution in [0.4, 0.5) is 4.39 Å². The van der Waals surface area contributed by atoms with Crippen molar-refractivity contribution < 1.29 is 9.18 Å². The van der Waals surface area contributed by atoms with Crippen molar-refractivity contribution >= 4 is 17.7 Å². The molecule has 1 unspecified atom stereocenters. The zero-order chi connectivity index (χ0) is 21.8. The molecule has 0 bridgehead atoms. The number of halogens is 1. The van der Waals surface area contributed by atoms with Crippen LogP contribution >= 0.6 is 11.8 Å². The first-order valence-corrected chi connectivity index (χ1v) is 11.7. The number of hydrogen-bond donors (Lipinski definition) is 1. The summed E-state index contributed by atoms with van der Waals surface area (Å²) in [7, 11) is 0. The van der Waals surface area contributed by atoms with Gasteiger partial charge in [-0.2, -0.15) is 5.26 Å². The van der Waals surface area contributed by atoms with E-state index in [-0.39, 0.29) is 23.4 Å². The highest BCUT2D eigenvalue weighted by molar-refractivity contribution is 7.99. The molecule has 7 nitrogen and oxygen atoms in total. The number of likely N-dealkylation sites (tertiary alicyclic amines) is 1. The number of amides is 1. The molecule has 164 valence electrons. The molecule has 4 rings (SSSR count). The highest BCUT2D eigenvalue weighted by atomic mass is 32.2. The molecule has 1 aliphatic carbocycles. The number of aromatic nitrogens is 3. The molecular weight excluding hydrogens is 415 g/mol. The predicted molar refractivity (Wildman–Crippen MR) is 116 cm³/mol. The molecule has 1 N–H and O–H groups in total. The lowest BCUT2D eigenvalue weighted by atomic mass is 9.98. The van der Waals surface area contributed by atoms with Crippen molar-refractivity contribution in [3.63, 3.8) is 0 Å². The summed E-state index contributed by atoms with van der Waals surface area (Å²) >= 11 is 1.28. The Labute approximate surface area is 186 Å². The van der Waals surface area contributed by atoms with Gasteiger partial charge in [-0.3, -0.25) is 14.3 Å². The highest BCUT2D eigenvalue weighted by Gasteiger charge is 2.43. The minimum absolute atomic E-state index is 0.132. The van der Waals surface area contributed by atoms with Crippen LogP contribution in [0.25, 0.3) is 5.69 Å². The zero-order valence-electron chi connectivity index (χ0n) is 17.7. The summed E-state index contributed by atoms with van der Waals surface area (Å²) in [4.78, 5) is 14.9. The SMILES string of the molecule is CC(C#N)(NC(=O)CSc1nnc(CN2CCCCC2)n1-c1ccc(F)cc1)C1CC1. The normalized spacial score (nSPS) is 18.9. The van der Waals surface area contributed by atoms with Gasteiger partial charge in [-0.1, -0.05) is 18.2 Å². The molecule has 1 aromatic carbocycles. The van der Waals surface area contributed by atoms with Crippen molar-refractivity contribution in [2.24, 2.45) is 5.92 Å². The monoisotopic (exact) mass is 442 g/mol. The zero-order valence-corrected chi connectivity index (χ0v) is 18.5. The number of hydrogen-bond acceptors (Lipinski definition) is 6. The summed E-state index contributed by atoms with van der Waals surface area (Å²) < 4.78 is 15.4. The van der Waals surface area contributed by atoms with Crippen LogP contribution in [-0.4, -0.2) is 50.0 Å². The van der Waals surface area contributed by atoms with E-state index in [9.17, 15) is 14.4 Å². The molecule has 1 saturated carbocycles. The third kappa shape index (κ3) is 5.25. The summed E-state index contributed by atoms with van der Waals surface area (Å²) in [5.41, 5.74) is -0.0528. The van der Waals surface area contributed by atoms with Gasteiger partial charge in [-0.25, -0.2) is 4.39 Å². The molecule has 1 atom stereocenters. The molecule has 1 amide bonds. The average molecular weight is 443 g/mol. The number of nitrogens with zero attached hydrogens (tertiary/aromatic N) is 5. The van der Waals surface area contributed by atoms with Crippen LogP contribution in [0.5, 0.6) is 0 Å². The van der Waals surface area contributed by atoms with E-state index in [4.69, 9.17) is 0 Å². The van der Waals surface area contributed by atoms with E-state index in [1.807, 2.05) is 4.57 Å². The summed E-state index contributed by atoms with van der Waals surface area (Å²) in [5.74, 6) is 0.625. The number of rotatable bonds is 8. The van der Waals surface area contributed by atoms with Gasteiger partial charge in [-0.15, -0.1) is 10.2 Å². The van der Waals surface area contributed by atoms with Crippen molar-refractivity contribution in [1.29, 1.82) is 5.26 Å². The first-order valence-electron chi connectivity index (χ1n) is 10.8. The number of benzene rings is 1. The van der Waals surface area contributed by atoms with Gasteiger partial charge in [0.15, 0.2) is 11.0 Å². The lowest BCUT2D eigenvalue weighted by Crippen LogP contribution is -2.47. The Morgan fingerprint density at radius 1 is 1.26 bits per heavy atom. The van der Waals surface area contributed by atoms with Gasteiger partial charge >= 0.3 is 0 Å². The smallest absolute Gasteiger partial charge is 0.231 e. The molecule has 0 spiro atoms. The number of nitrogens with one attached hydrogen (secondary N) is 1. The molecule has 1 aliphatic heterocycles. The highest BCUT2D eigenvalue weighted by Crippen LogP contribution is 2.39. The van der Waals surface area contributed by atoms with E-state index < -0.39 is 5.54 Å². The van der Waals surface area contributed by atoms with Crippen molar-refractivity contribution in [2.45, 2.75) is 56.3 Å². The number of piperidine rings is 1. The second kappa shape index (κ2) is 9.37. The first kappa shape index (κ1) is 21.8. The Hall–Kier alpha value is -2.44. The predicted octanol–water partition coefficient (Wildman–Crippen LogP) is 3.29. The third-order valence-electron chi connectivity index (χ3n) is 5.96. The number of nitriles is 1. The topological polar surface area (TPSA) is 86.8 Å². The first-order chi connectivity index (χ1) is 15.0. The van der Waals surface area contributed by atoms with E-state index in [0.29, 0.717) is 11.7 Å². The second-order valence-electron chi connectivity index (χ2n) is 8.47. The third-order valence-corrected chi connectivity index (χ3v) is 6.89. The van der Waals surface area contributed by atoms with E-state index in [0.717, 1.165) is 37.4 Å². The van der Waals surface area contributed by atoms with Gasteiger partial charge < -0.3 is 5.32 Å². The van der Waals surface area contributed by atoms with E-state index >= 15 is 0 Å². The maximum atomic E-state index is 13.5. The summed E-state index contributed by atoms with van der Waals surface area (Å²) in [6.07, 6.45) is 5.53. The molecular formula is C22H27FN6OS. The van der Waals surface area contributed by atoms with Gasteiger partial charge in [0, 0.05) is 5.69 Å². The van der Waals surface area contributed by atoms with Crippen molar-refractivity contribution in [1.82, 2.24) is 25.0 Å². The van der Waals surface area contributed by atoms with E-state index in [1.54, 1.807) is 19.1 Å². The van der Waals surface area contributed by atoms with Crippen molar-refractivity contribution in [2.75, 3.05) is 18.8 Å². The van der Waals surface area contributed by atoms with E-state index in [1.165, 1.54) is 43.2 Å². The van der Waals surface area contributed by atoms with Crippen molar-refractivity contribution in [3.05, 3.63) is 35.9 Å². The van der Waals surface area contributed by atoms with E-state index in [2.05, 4.69) is 26.5 Å². The molecule has 1 aromatic heterocycles. The van der Waals surface area contributed by atoms with Gasteiger partial charge in [0.2, 0.25) is 5.91 Å². The number of thioether (sulfide) groups is 1. The lowest BCUT2D eigenvalue weighted by molar-refractivity contribution is -0.119. The van der Waals surface area contributed by atoms with Crippen LogP contribution in [0.1, 0.15) is 44.9 Å². The fraction of sp³-hybridized carbons (Fsp3) is 0.545. The van der Waals surface area contributed by atoms with Crippen molar-refractivity contribution in [3.8, 4) is 11.8 Å². The molecule has 2 aliphatic rings. The van der Waals surface area contributed by atoms with Gasteiger partial charge in [-0.05, 0) is 75.9 Å². The molecule has 0 radical (unpaired) electrons. The summed E-state index contributed by atoms with van der Waals surface area (Å²) in [6, 6.07) is 8.46. The standard InChI is InChI=1S/C22H27FN6OS/c1-22(15-24,16-5-6-16)25-20(30)14-31-21-27-26-19(13-28-11-3-2-4-12-28)29(21)18-9-7-17(23)8-10-18/h7-10,16H,2-6,11-14H2,1H3,(H,25,30). The van der Waals surface area contributed by atoms with Gasteiger partial charge in [0.05, 0.1) is 18.4 Å². The molecule has 2 aromatic rings. The van der Waals surface area contributed by atoms with Crippen LogP contribution < -0.4 is 5.32 Å². The molecule has 9 heteroatoms. The molecule has 31 heavy (non-hydrogen) atoms. The van der Waals surface area contributed by atoms with Gasteiger partial charge in [0.1, 0.15) is 11.4 Å². The summed E-state index contributed by atoms with van der Waals surface area (Å²) in [5, 5.41) is 21.6. The fourth-order valence-electron chi connectivity index (χ4n) is 4.00. The Balaban J connectivity index is 1.50. The van der Waals surface area contributed by atoms with Crippen LogP contribution in [0.3, 0.4) is 0 Å². The van der Waals surface area contributed by atoms with Crippen LogP contribution in [0.15, 0.2) is 29.4 Å². The second-order valence-corrected chi connectivity index (χ2v) is 9.42. The number of carbonyl (C=O) groups excluding carboxylic acids is 1. The molecule has 2 fully saturated rings. The Morgan fingerprint density at radius 2 is 1.97 bits per heavy atom. The average Bonchev–Trinajstić information content (AvgIpc) is 3.57. The quantitative estimate of drug-likeness (QED) is 0.632. The van der Waals surface area contributed by atoms with Crippen LogP contribution in [0.2, 0.25) is 0 Å². The number of carbonyl (C=O) groups is 1. The maximum absolute atomic E-state index is 13.5. The molecule has 1 saturated heterocycles. The molecule has 2 heterocycles. The lowest BCUT2D eigenvalue weighted by Gasteiger charge is -2.26. The fourth-order valence-corrected chi connectivity index (χ4v) is 4.77. The van der Waals surface area contributed by atoms with Crippen LogP contribution in [-0.2, 0) is 11.3 Å². The minimum atomic E-state index is -0.818. The Kier molecular flexibility index (Phi) is 6.58. The summed E-state index contributed by atoms with van der Waals surface area (Å²) in [6.45, 7) is 4.49. The van der Waals surface area contributed by atoms with Crippen LogP contribution in [0, 0.1) is 23.1 Å². The van der Waals surface area contributed by atoms with Gasteiger partial charge in [0.25, 0.3) is 0 Å².